The molecule has 5 heteroatoms. The van der Waals surface area contributed by atoms with Gasteiger partial charge in [-0.25, -0.2) is 0 Å². The van der Waals surface area contributed by atoms with Crippen molar-refractivity contribution < 1.29 is 24.2 Å². The minimum Gasteiger partial charge on any atom is -0.463 e. The summed E-state index contributed by atoms with van der Waals surface area (Å²) in [6.07, 6.45) is 34.3. The fourth-order valence-electron chi connectivity index (χ4n) is 5.59. The summed E-state index contributed by atoms with van der Waals surface area (Å²) >= 11 is 0. The molecule has 0 aromatic rings. The predicted octanol–water partition coefficient (Wildman–Crippen LogP) is 11.4. The average Bonchev–Trinajstić information content (AvgIpc) is 3.01. The maximum Gasteiger partial charge on any atom is 0.305 e. The fourth-order valence-corrected chi connectivity index (χ4v) is 5.59. The lowest BCUT2D eigenvalue weighted by Crippen LogP contribution is -2.25. The maximum absolute atomic E-state index is 11.9. The quantitative estimate of drug-likeness (QED) is 0.0579. The van der Waals surface area contributed by atoms with E-state index in [2.05, 4.69) is 20.8 Å². The molecule has 0 heterocycles. The number of unbranched alkanes of at least 4 members (excludes halogenated alkanes) is 23. The maximum atomic E-state index is 11.9. The highest BCUT2D eigenvalue weighted by Gasteiger charge is 2.12. The Morgan fingerprint density at radius 1 is 0.488 bits per heavy atom. The van der Waals surface area contributed by atoms with Crippen molar-refractivity contribution in [2.24, 2.45) is 5.92 Å². The van der Waals surface area contributed by atoms with Crippen LogP contribution in [0.3, 0.4) is 0 Å². The van der Waals surface area contributed by atoms with Gasteiger partial charge in [-0.1, -0.05) is 181 Å². The largest absolute Gasteiger partial charge is 0.463 e. The second-order valence-electron chi connectivity index (χ2n) is 13.3. The molecule has 0 aromatic heterocycles. The minimum absolute atomic E-state index is 0.108. The monoisotopic (exact) mass is 611 g/mol. The van der Waals surface area contributed by atoms with Gasteiger partial charge in [0.25, 0.3) is 0 Å². The summed E-state index contributed by atoms with van der Waals surface area (Å²) in [5.74, 6) is 0.349. The van der Waals surface area contributed by atoms with E-state index in [0.717, 1.165) is 31.6 Å². The van der Waals surface area contributed by atoms with E-state index in [1.54, 1.807) is 0 Å². The van der Waals surface area contributed by atoms with Crippen molar-refractivity contribution in [3.8, 4) is 0 Å². The topological polar surface area (TPSA) is 72.8 Å². The van der Waals surface area contributed by atoms with E-state index in [4.69, 9.17) is 9.47 Å². The molecule has 0 spiro atoms. The highest BCUT2D eigenvalue weighted by Crippen LogP contribution is 2.16. The van der Waals surface area contributed by atoms with Crippen LogP contribution in [-0.2, 0) is 19.1 Å². The van der Waals surface area contributed by atoms with Gasteiger partial charge in [0.05, 0.1) is 0 Å². The molecule has 5 nitrogen and oxygen atoms in total. The van der Waals surface area contributed by atoms with Crippen molar-refractivity contribution in [2.75, 3.05) is 13.2 Å². The van der Waals surface area contributed by atoms with Gasteiger partial charge < -0.3 is 14.6 Å². The summed E-state index contributed by atoms with van der Waals surface area (Å²) in [7, 11) is 0. The Balaban J connectivity index is 3.38. The molecule has 0 amide bonds. The van der Waals surface area contributed by atoms with Gasteiger partial charge in [0.15, 0.2) is 0 Å². The summed E-state index contributed by atoms with van der Waals surface area (Å²) in [6, 6.07) is 0. The number of carbonyl (C=O) groups excluding carboxylic acids is 2. The second-order valence-corrected chi connectivity index (χ2v) is 13.3. The molecule has 2 atom stereocenters. The zero-order valence-corrected chi connectivity index (χ0v) is 29.2. The number of hydrogen-bond donors (Lipinski definition) is 1. The molecule has 0 fully saturated rings. The number of hydrogen-bond acceptors (Lipinski definition) is 5. The van der Waals surface area contributed by atoms with Gasteiger partial charge in [0.2, 0.25) is 0 Å². The predicted molar refractivity (Wildman–Crippen MR) is 182 cm³/mol. The standard InChI is InChI=1S/C38H74O5/c1-4-6-7-8-9-10-15-19-22-25-28-31-37(40)42-33-36(39)34-43-38(41)32-29-26-23-20-17-14-12-11-13-16-18-21-24-27-30-35(3)5-2/h35-36,39H,4-34H2,1-3H3/t35?,36-/m0/s1. The van der Waals surface area contributed by atoms with Gasteiger partial charge in [-0.2, -0.15) is 0 Å². The lowest BCUT2D eigenvalue weighted by atomic mass is 9.99. The molecule has 256 valence electrons. The molecule has 43 heavy (non-hydrogen) atoms. The van der Waals surface area contributed by atoms with Gasteiger partial charge in [0, 0.05) is 12.8 Å². The van der Waals surface area contributed by atoms with E-state index in [1.165, 1.54) is 148 Å². The van der Waals surface area contributed by atoms with Crippen LogP contribution in [0.15, 0.2) is 0 Å². The van der Waals surface area contributed by atoms with E-state index in [-0.39, 0.29) is 25.2 Å². The third-order valence-corrected chi connectivity index (χ3v) is 8.88. The first-order valence-corrected chi connectivity index (χ1v) is 19.0. The molecule has 0 aliphatic heterocycles. The second kappa shape index (κ2) is 33.8. The van der Waals surface area contributed by atoms with Crippen LogP contribution >= 0.6 is 0 Å². The van der Waals surface area contributed by atoms with E-state index < -0.39 is 6.10 Å². The molecule has 0 rings (SSSR count). The minimum atomic E-state index is -0.954. The van der Waals surface area contributed by atoms with Crippen molar-refractivity contribution >= 4 is 11.9 Å². The number of ether oxygens (including phenoxy) is 2. The zero-order chi connectivity index (χ0) is 31.6. The van der Waals surface area contributed by atoms with Crippen molar-refractivity contribution in [1.82, 2.24) is 0 Å². The summed E-state index contributed by atoms with van der Waals surface area (Å²) in [5, 5.41) is 9.98. The molecular formula is C38H74O5. The van der Waals surface area contributed by atoms with Crippen LogP contribution in [0.4, 0.5) is 0 Å². The fraction of sp³-hybridized carbons (Fsp3) is 0.947. The van der Waals surface area contributed by atoms with Crippen LogP contribution in [-0.4, -0.2) is 36.4 Å². The Labute approximate surface area is 268 Å². The van der Waals surface area contributed by atoms with Crippen molar-refractivity contribution in [2.45, 2.75) is 213 Å². The first-order valence-electron chi connectivity index (χ1n) is 19.0. The van der Waals surface area contributed by atoms with Crippen LogP contribution < -0.4 is 0 Å². The van der Waals surface area contributed by atoms with Gasteiger partial charge in [-0.05, 0) is 18.8 Å². The summed E-state index contributed by atoms with van der Waals surface area (Å²) < 4.78 is 10.3. The Kier molecular flexibility index (Phi) is 32.9. The molecule has 1 unspecified atom stereocenters. The van der Waals surface area contributed by atoms with Gasteiger partial charge in [-0.15, -0.1) is 0 Å². The number of aliphatic hydroxyl groups is 1. The van der Waals surface area contributed by atoms with Crippen LogP contribution in [0.2, 0.25) is 0 Å². The number of carbonyl (C=O) groups is 2. The Morgan fingerprint density at radius 3 is 1.12 bits per heavy atom. The van der Waals surface area contributed by atoms with E-state index in [0.29, 0.717) is 12.8 Å². The molecule has 0 aliphatic rings. The summed E-state index contributed by atoms with van der Waals surface area (Å²) in [6.45, 7) is 6.70. The molecule has 0 radical (unpaired) electrons. The molecule has 0 bridgehead atoms. The van der Waals surface area contributed by atoms with Crippen molar-refractivity contribution in [1.29, 1.82) is 0 Å². The van der Waals surface area contributed by atoms with Crippen molar-refractivity contribution in [3.05, 3.63) is 0 Å². The molecular weight excluding hydrogens is 536 g/mol. The van der Waals surface area contributed by atoms with Gasteiger partial charge in [0.1, 0.15) is 19.3 Å². The molecule has 1 N–H and O–H groups in total. The van der Waals surface area contributed by atoms with Gasteiger partial charge in [-0.3, -0.25) is 9.59 Å². The molecule has 0 saturated heterocycles. The normalized spacial score (nSPS) is 12.7. The van der Waals surface area contributed by atoms with Gasteiger partial charge >= 0.3 is 11.9 Å². The highest BCUT2D eigenvalue weighted by molar-refractivity contribution is 5.69. The number of esters is 2. The number of aliphatic hydroxyl groups excluding tert-OH is 1. The molecule has 0 aromatic carbocycles. The van der Waals surface area contributed by atoms with Crippen LogP contribution in [0.25, 0.3) is 0 Å². The van der Waals surface area contributed by atoms with E-state index >= 15 is 0 Å². The van der Waals surface area contributed by atoms with Crippen molar-refractivity contribution in [3.63, 3.8) is 0 Å². The lowest BCUT2D eigenvalue weighted by molar-refractivity contribution is -0.152. The summed E-state index contributed by atoms with van der Waals surface area (Å²) in [4.78, 5) is 23.8. The highest BCUT2D eigenvalue weighted by atomic mass is 16.6. The Bertz CT molecular complexity index is 593. The third kappa shape index (κ3) is 33.6. The van der Waals surface area contributed by atoms with Crippen LogP contribution in [0.5, 0.6) is 0 Å². The first-order chi connectivity index (χ1) is 21.0. The zero-order valence-electron chi connectivity index (χ0n) is 29.2. The van der Waals surface area contributed by atoms with Crippen LogP contribution in [0.1, 0.15) is 207 Å². The lowest BCUT2D eigenvalue weighted by Gasteiger charge is -2.12. The molecule has 0 aliphatic carbocycles. The number of rotatable bonds is 34. The Hall–Kier alpha value is -1.10. The SMILES string of the molecule is CCCCCCCCCCCCCC(=O)OC[C@H](O)COC(=O)CCCCCCCCCCCCCCCCC(C)CC. The van der Waals surface area contributed by atoms with E-state index in [1.807, 2.05) is 0 Å². The first kappa shape index (κ1) is 41.9. The van der Waals surface area contributed by atoms with Crippen LogP contribution in [0, 0.1) is 5.92 Å². The smallest absolute Gasteiger partial charge is 0.305 e. The van der Waals surface area contributed by atoms with E-state index in [9.17, 15) is 14.7 Å². The third-order valence-electron chi connectivity index (χ3n) is 8.88. The summed E-state index contributed by atoms with van der Waals surface area (Å²) in [5.41, 5.74) is 0. The molecule has 0 saturated carbocycles. The Morgan fingerprint density at radius 2 is 0.791 bits per heavy atom. The average molecular weight is 611 g/mol.